The van der Waals surface area contributed by atoms with Crippen LogP contribution in [0.25, 0.3) is 0 Å². The molecule has 0 bridgehead atoms. The second-order valence-corrected chi connectivity index (χ2v) is 9.75. The molecule has 0 saturated carbocycles. The molecule has 0 aliphatic carbocycles. The summed E-state index contributed by atoms with van der Waals surface area (Å²) in [6.45, 7) is 4.54. The molecule has 0 spiro atoms. The standard InChI is InChI=1S/C22H28N4O5S/c1-16(2)20(24-21(27)18-8-4-5-9-19(18)31-3)22(28)25-11-13-26(14-12-25)32(29,30)17-7-6-10-23-15-17/h4-10,15-16,20H,11-14H2,1-3H3,(H,24,27). The minimum atomic E-state index is -3.66. The van der Waals surface area contributed by atoms with Crippen molar-refractivity contribution in [2.45, 2.75) is 24.8 Å². The third-order valence-corrected chi connectivity index (χ3v) is 7.28. The van der Waals surface area contributed by atoms with E-state index < -0.39 is 22.0 Å². The maximum absolute atomic E-state index is 13.2. The number of amides is 2. The minimum Gasteiger partial charge on any atom is -0.496 e. The van der Waals surface area contributed by atoms with Gasteiger partial charge < -0.3 is 15.0 Å². The molecule has 1 unspecified atom stereocenters. The molecule has 1 aliphatic heterocycles. The largest absolute Gasteiger partial charge is 0.496 e. The van der Waals surface area contributed by atoms with Crippen molar-refractivity contribution >= 4 is 21.8 Å². The zero-order chi connectivity index (χ0) is 23.3. The molecule has 0 radical (unpaired) electrons. The monoisotopic (exact) mass is 460 g/mol. The van der Waals surface area contributed by atoms with Gasteiger partial charge in [0, 0.05) is 38.6 Å². The van der Waals surface area contributed by atoms with Gasteiger partial charge in [0.1, 0.15) is 16.7 Å². The molecule has 1 aliphatic rings. The Morgan fingerprint density at radius 2 is 1.75 bits per heavy atom. The topological polar surface area (TPSA) is 109 Å². The molecule has 1 atom stereocenters. The molecule has 1 aromatic heterocycles. The molecule has 172 valence electrons. The maximum atomic E-state index is 13.2. The Morgan fingerprint density at radius 1 is 1.06 bits per heavy atom. The highest BCUT2D eigenvalue weighted by Gasteiger charge is 2.34. The Kier molecular flexibility index (Phi) is 7.47. The maximum Gasteiger partial charge on any atom is 0.255 e. The molecular weight excluding hydrogens is 432 g/mol. The number of pyridine rings is 1. The van der Waals surface area contributed by atoms with Crippen LogP contribution in [0.15, 0.2) is 53.7 Å². The van der Waals surface area contributed by atoms with E-state index in [-0.39, 0.29) is 42.9 Å². The summed E-state index contributed by atoms with van der Waals surface area (Å²) in [4.78, 5) is 31.6. The number of hydrogen-bond acceptors (Lipinski definition) is 6. The lowest BCUT2D eigenvalue weighted by atomic mass is 10.0. The van der Waals surface area contributed by atoms with Crippen molar-refractivity contribution in [1.82, 2.24) is 19.5 Å². The van der Waals surface area contributed by atoms with Gasteiger partial charge in [0.2, 0.25) is 15.9 Å². The average Bonchev–Trinajstić information content (AvgIpc) is 2.82. The van der Waals surface area contributed by atoms with Gasteiger partial charge >= 0.3 is 0 Å². The first-order valence-electron chi connectivity index (χ1n) is 10.4. The van der Waals surface area contributed by atoms with E-state index in [2.05, 4.69) is 10.3 Å². The number of methoxy groups -OCH3 is 1. The zero-order valence-electron chi connectivity index (χ0n) is 18.4. The number of hydrogen-bond donors (Lipinski definition) is 1. The van der Waals surface area contributed by atoms with Gasteiger partial charge in [0.15, 0.2) is 0 Å². The van der Waals surface area contributed by atoms with E-state index in [0.717, 1.165) is 0 Å². The number of carbonyl (C=O) groups is 2. The summed E-state index contributed by atoms with van der Waals surface area (Å²) < 4.78 is 32.2. The van der Waals surface area contributed by atoms with Crippen LogP contribution >= 0.6 is 0 Å². The predicted octanol–water partition coefficient (Wildman–Crippen LogP) is 1.38. The van der Waals surface area contributed by atoms with Gasteiger partial charge in [-0.05, 0) is 30.2 Å². The SMILES string of the molecule is COc1ccccc1C(=O)NC(C(=O)N1CCN(S(=O)(=O)c2cccnc2)CC1)C(C)C. The van der Waals surface area contributed by atoms with Crippen molar-refractivity contribution in [3.8, 4) is 5.75 Å². The number of nitrogens with one attached hydrogen (secondary N) is 1. The van der Waals surface area contributed by atoms with Crippen molar-refractivity contribution < 1.29 is 22.7 Å². The highest BCUT2D eigenvalue weighted by Crippen LogP contribution is 2.20. The van der Waals surface area contributed by atoms with E-state index in [4.69, 9.17) is 4.74 Å². The van der Waals surface area contributed by atoms with E-state index >= 15 is 0 Å². The fraction of sp³-hybridized carbons (Fsp3) is 0.409. The van der Waals surface area contributed by atoms with Gasteiger partial charge in [-0.2, -0.15) is 4.31 Å². The third kappa shape index (κ3) is 5.08. The summed E-state index contributed by atoms with van der Waals surface area (Å²) in [7, 11) is -2.18. The number of para-hydroxylation sites is 1. The Bertz CT molecular complexity index is 1050. The van der Waals surface area contributed by atoms with Crippen LogP contribution in [0.3, 0.4) is 0 Å². The summed E-state index contributed by atoms with van der Waals surface area (Å²) in [6, 6.07) is 9.15. The summed E-state index contributed by atoms with van der Waals surface area (Å²) in [5.74, 6) is -0.360. The normalized spacial score (nSPS) is 15.9. The van der Waals surface area contributed by atoms with Crippen molar-refractivity contribution in [1.29, 1.82) is 0 Å². The molecule has 10 heteroatoms. The Morgan fingerprint density at radius 3 is 2.34 bits per heavy atom. The van der Waals surface area contributed by atoms with Gasteiger partial charge in [-0.3, -0.25) is 14.6 Å². The highest BCUT2D eigenvalue weighted by molar-refractivity contribution is 7.89. The first-order chi connectivity index (χ1) is 15.3. The lowest BCUT2D eigenvalue weighted by molar-refractivity contribution is -0.135. The lowest BCUT2D eigenvalue weighted by Crippen LogP contribution is -2.57. The van der Waals surface area contributed by atoms with Gasteiger partial charge in [-0.1, -0.05) is 26.0 Å². The molecule has 1 N–H and O–H groups in total. The van der Waals surface area contributed by atoms with Crippen LogP contribution < -0.4 is 10.1 Å². The number of nitrogens with zero attached hydrogens (tertiary/aromatic N) is 3. The summed E-state index contributed by atoms with van der Waals surface area (Å²) in [6.07, 6.45) is 2.83. The molecule has 1 fully saturated rings. The van der Waals surface area contributed by atoms with Crippen molar-refractivity contribution in [3.63, 3.8) is 0 Å². The second-order valence-electron chi connectivity index (χ2n) is 7.81. The van der Waals surface area contributed by atoms with Crippen molar-refractivity contribution in [3.05, 3.63) is 54.4 Å². The summed E-state index contributed by atoms with van der Waals surface area (Å²) in [5, 5.41) is 2.82. The van der Waals surface area contributed by atoms with Crippen LogP contribution in [0.4, 0.5) is 0 Å². The number of carbonyl (C=O) groups excluding carboxylic acids is 2. The molecule has 2 aromatic rings. The van der Waals surface area contributed by atoms with E-state index in [1.54, 1.807) is 35.2 Å². The van der Waals surface area contributed by atoms with E-state index in [0.29, 0.717) is 11.3 Å². The number of piperazine rings is 1. The van der Waals surface area contributed by atoms with Crippen LogP contribution in [-0.4, -0.2) is 73.8 Å². The molecule has 1 saturated heterocycles. The Balaban J connectivity index is 1.67. The predicted molar refractivity (Wildman–Crippen MR) is 119 cm³/mol. The summed E-state index contributed by atoms with van der Waals surface area (Å²) in [5.41, 5.74) is 0.348. The van der Waals surface area contributed by atoms with Crippen LogP contribution in [0.2, 0.25) is 0 Å². The first-order valence-corrected chi connectivity index (χ1v) is 11.8. The second kappa shape index (κ2) is 10.1. The number of aromatic nitrogens is 1. The van der Waals surface area contributed by atoms with Crippen molar-refractivity contribution in [2.75, 3.05) is 33.3 Å². The molecular formula is C22H28N4O5S. The third-order valence-electron chi connectivity index (χ3n) is 5.39. The fourth-order valence-electron chi connectivity index (χ4n) is 3.56. The fourth-order valence-corrected chi connectivity index (χ4v) is 4.95. The Hall–Kier alpha value is -2.98. The van der Waals surface area contributed by atoms with Crippen LogP contribution in [0, 0.1) is 5.92 Å². The van der Waals surface area contributed by atoms with Crippen LogP contribution in [0.5, 0.6) is 5.75 Å². The number of rotatable bonds is 7. The van der Waals surface area contributed by atoms with E-state index in [9.17, 15) is 18.0 Å². The zero-order valence-corrected chi connectivity index (χ0v) is 19.2. The highest BCUT2D eigenvalue weighted by atomic mass is 32.2. The quantitative estimate of drug-likeness (QED) is 0.669. The van der Waals surface area contributed by atoms with E-state index in [1.807, 2.05) is 13.8 Å². The average molecular weight is 461 g/mol. The first kappa shape index (κ1) is 23.7. The molecule has 2 amide bonds. The van der Waals surface area contributed by atoms with Gasteiger partial charge in [-0.25, -0.2) is 8.42 Å². The minimum absolute atomic E-state index is 0.129. The van der Waals surface area contributed by atoms with Gasteiger partial charge in [-0.15, -0.1) is 0 Å². The van der Waals surface area contributed by atoms with Crippen LogP contribution in [0.1, 0.15) is 24.2 Å². The molecule has 2 heterocycles. The number of ether oxygens (including phenoxy) is 1. The Labute approximate surface area is 188 Å². The lowest BCUT2D eigenvalue weighted by Gasteiger charge is -2.36. The van der Waals surface area contributed by atoms with Gasteiger partial charge in [0.05, 0.1) is 12.7 Å². The van der Waals surface area contributed by atoms with Gasteiger partial charge in [0.25, 0.3) is 5.91 Å². The number of sulfonamides is 1. The number of benzene rings is 1. The summed E-state index contributed by atoms with van der Waals surface area (Å²) >= 11 is 0. The smallest absolute Gasteiger partial charge is 0.255 e. The van der Waals surface area contributed by atoms with Crippen molar-refractivity contribution in [2.24, 2.45) is 5.92 Å². The molecule has 3 rings (SSSR count). The molecule has 32 heavy (non-hydrogen) atoms. The van der Waals surface area contributed by atoms with E-state index in [1.165, 1.54) is 29.9 Å². The molecule has 1 aromatic carbocycles. The molecule has 9 nitrogen and oxygen atoms in total. The van der Waals surface area contributed by atoms with Crippen LogP contribution in [-0.2, 0) is 14.8 Å².